The summed E-state index contributed by atoms with van der Waals surface area (Å²) in [6, 6.07) is 4.76. The fourth-order valence-corrected chi connectivity index (χ4v) is 1.58. The molecule has 4 nitrogen and oxygen atoms in total. The predicted octanol–water partition coefficient (Wildman–Crippen LogP) is 1.31. The Morgan fingerprint density at radius 1 is 1.47 bits per heavy atom. The lowest BCUT2D eigenvalue weighted by atomic mass is 9.95. The molecule has 15 heavy (non-hydrogen) atoms. The summed E-state index contributed by atoms with van der Waals surface area (Å²) >= 11 is 0. The zero-order chi connectivity index (χ0) is 11.4. The average molecular weight is 205 g/mol. The Morgan fingerprint density at radius 2 is 2.13 bits per heavy atom. The highest BCUT2D eigenvalue weighted by Crippen LogP contribution is 2.20. The van der Waals surface area contributed by atoms with Gasteiger partial charge in [0.25, 0.3) is 0 Å². The van der Waals surface area contributed by atoms with Crippen molar-refractivity contribution in [2.24, 2.45) is 0 Å². The van der Waals surface area contributed by atoms with Gasteiger partial charge in [0.1, 0.15) is 0 Å². The molecule has 0 saturated carbocycles. The van der Waals surface area contributed by atoms with Crippen molar-refractivity contribution < 1.29 is 15.0 Å². The van der Waals surface area contributed by atoms with E-state index in [9.17, 15) is 4.79 Å². The minimum absolute atomic E-state index is 0.153. The van der Waals surface area contributed by atoms with Crippen LogP contribution < -0.4 is 0 Å². The van der Waals surface area contributed by atoms with Crippen LogP contribution in [0.15, 0.2) is 12.1 Å². The number of hydrogen-bond donors (Lipinski definition) is 2. The number of carbonyl (C=O) groups is 1. The average Bonchev–Trinajstić information content (AvgIpc) is 2.26. The molecule has 1 aromatic carbocycles. The standard InChI is InChI=1S/C11H11NO3/c1-2-8-9(11(14)15)4-3-7(5-12)10(8)6-13/h3-4,13H,2,6H2,1H3,(H,14,15). The van der Waals surface area contributed by atoms with Gasteiger partial charge in [-0.25, -0.2) is 4.79 Å². The van der Waals surface area contributed by atoms with Gasteiger partial charge in [-0.05, 0) is 29.7 Å². The number of nitrogens with zero attached hydrogens (tertiary/aromatic N) is 1. The minimum Gasteiger partial charge on any atom is -0.478 e. The molecule has 0 atom stereocenters. The van der Waals surface area contributed by atoms with Crippen LogP contribution in [0.4, 0.5) is 0 Å². The quantitative estimate of drug-likeness (QED) is 0.779. The Hall–Kier alpha value is -1.86. The van der Waals surface area contributed by atoms with Crippen LogP contribution in [0.3, 0.4) is 0 Å². The number of carboxylic acids is 1. The molecule has 0 aliphatic heterocycles. The van der Waals surface area contributed by atoms with Gasteiger partial charge in [-0.1, -0.05) is 6.92 Å². The van der Waals surface area contributed by atoms with Crippen molar-refractivity contribution in [3.63, 3.8) is 0 Å². The molecule has 0 aliphatic carbocycles. The predicted molar refractivity (Wildman–Crippen MR) is 53.4 cm³/mol. The van der Waals surface area contributed by atoms with Crippen LogP contribution in [0.25, 0.3) is 0 Å². The Balaban J connectivity index is 3.49. The van der Waals surface area contributed by atoms with Crippen molar-refractivity contribution in [2.45, 2.75) is 20.0 Å². The number of hydrogen-bond acceptors (Lipinski definition) is 3. The molecule has 0 amide bonds. The van der Waals surface area contributed by atoms with Gasteiger partial charge in [0.05, 0.1) is 23.8 Å². The van der Waals surface area contributed by atoms with Crippen LogP contribution in [0.1, 0.15) is 34.0 Å². The fraction of sp³-hybridized carbons (Fsp3) is 0.273. The Bertz CT molecular complexity index is 432. The highest BCUT2D eigenvalue weighted by atomic mass is 16.4. The Kier molecular flexibility index (Phi) is 3.42. The van der Waals surface area contributed by atoms with E-state index >= 15 is 0 Å². The van der Waals surface area contributed by atoms with Gasteiger partial charge in [-0.2, -0.15) is 5.26 Å². The number of carboxylic acid groups (broad SMARTS) is 1. The van der Waals surface area contributed by atoms with Gasteiger partial charge in [0.2, 0.25) is 0 Å². The first-order chi connectivity index (χ1) is 7.15. The lowest BCUT2D eigenvalue weighted by Gasteiger charge is -2.10. The van der Waals surface area contributed by atoms with Gasteiger partial charge in [0, 0.05) is 0 Å². The molecule has 0 saturated heterocycles. The highest BCUT2D eigenvalue weighted by Gasteiger charge is 2.15. The van der Waals surface area contributed by atoms with E-state index in [2.05, 4.69) is 0 Å². The number of benzene rings is 1. The topological polar surface area (TPSA) is 81.3 Å². The second-order valence-corrected chi connectivity index (χ2v) is 3.05. The zero-order valence-corrected chi connectivity index (χ0v) is 8.32. The first-order valence-corrected chi connectivity index (χ1v) is 4.54. The molecule has 78 valence electrons. The van der Waals surface area contributed by atoms with Gasteiger partial charge in [-0.3, -0.25) is 0 Å². The van der Waals surface area contributed by atoms with E-state index in [0.717, 1.165) is 0 Å². The number of aliphatic hydroxyl groups excluding tert-OH is 1. The van der Waals surface area contributed by atoms with Crippen molar-refractivity contribution in [3.8, 4) is 6.07 Å². The molecule has 0 radical (unpaired) electrons. The fourth-order valence-electron chi connectivity index (χ4n) is 1.58. The van der Waals surface area contributed by atoms with Crippen molar-refractivity contribution in [3.05, 3.63) is 34.4 Å². The summed E-state index contributed by atoms with van der Waals surface area (Å²) in [6.07, 6.45) is 0.479. The van der Waals surface area contributed by atoms with E-state index < -0.39 is 5.97 Å². The summed E-state index contributed by atoms with van der Waals surface area (Å²) in [5, 5.41) is 26.8. The van der Waals surface area contributed by atoms with Crippen LogP contribution >= 0.6 is 0 Å². The normalized spacial score (nSPS) is 9.67. The van der Waals surface area contributed by atoms with Crippen molar-refractivity contribution in [2.75, 3.05) is 0 Å². The molecule has 0 unspecified atom stereocenters. The van der Waals surface area contributed by atoms with Crippen LogP contribution in [-0.2, 0) is 13.0 Å². The van der Waals surface area contributed by atoms with Crippen LogP contribution in [-0.4, -0.2) is 16.2 Å². The molecule has 4 heteroatoms. The zero-order valence-electron chi connectivity index (χ0n) is 8.32. The highest BCUT2D eigenvalue weighted by molar-refractivity contribution is 5.90. The molecular formula is C11H11NO3. The molecule has 0 bridgehead atoms. The van der Waals surface area contributed by atoms with E-state index in [0.29, 0.717) is 23.1 Å². The summed E-state index contributed by atoms with van der Waals surface area (Å²) in [7, 11) is 0. The van der Waals surface area contributed by atoms with E-state index in [1.165, 1.54) is 12.1 Å². The summed E-state index contributed by atoms with van der Waals surface area (Å²) in [6.45, 7) is 1.48. The maximum absolute atomic E-state index is 10.9. The summed E-state index contributed by atoms with van der Waals surface area (Å²) in [5.41, 5.74) is 1.43. The monoisotopic (exact) mass is 205 g/mol. The number of nitriles is 1. The second kappa shape index (κ2) is 4.58. The smallest absolute Gasteiger partial charge is 0.335 e. The Labute approximate surface area is 87.4 Å². The van der Waals surface area contributed by atoms with Crippen LogP contribution in [0.5, 0.6) is 0 Å². The molecule has 0 aromatic heterocycles. The maximum atomic E-state index is 10.9. The number of rotatable bonds is 3. The van der Waals surface area contributed by atoms with E-state index in [4.69, 9.17) is 15.5 Å². The molecule has 0 heterocycles. The molecule has 2 N–H and O–H groups in total. The summed E-state index contributed by atoms with van der Waals surface area (Å²) in [5.74, 6) is -1.04. The number of aromatic carboxylic acids is 1. The largest absolute Gasteiger partial charge is 0.478 e. The third-order valence-corrected chi connectivity index (χ3v) is 2.29. The van der Waals surface area contributed by atoms with Gasteiger partial charge in [0.15, 0.2) is 0 Å². The first kappa shape index (κ1) is 11.2. The SMILES string of the molecule is CCc1c(C(=O)O)ccc(C#N)c1CO. The molecule has 0 fully saturated rings. The van der Waals surface area contributed by atoms with Crippen molar-refractivity contribution in [1.82, 2.24) is 0 Å². The van der Waals surface area contributed by atoms with Gasteiger partial charge < -0.3 is 10.2 Å². The van der Waals surface area contributed by atoms with Gasteiger partial charge in [-0.15, -0.1) is 0 Å². The first-order valence-electron chi connectivity index (χ1n) is 4.54. The minimum atomic E-state index is -1.04. The molecule has 1 rings (SSSR count). The summed E-state index contributed by atoms with van der Waals surface area (Å²) < 4.78 is 0. The van der Waals surface area contributed by atoms with Gasteiger partial charge >= 0.3 is 5.97 Å². The Morgan fingerprint density at radius 3 is 2.53 bits per heavy atom. The van der Waals surface area contributed by atoms with Crippen molar-refractivity contribution in [1.29, 1.82) is 5.26 Å². The lowest BCUT2D eigenvalue weighted by molar-refractivity contribution is 0.0695. The molecule has 1 aromatic rings. The van der Waals surface area contributed by atoms with Crippen LogP contribution in [0.2, 0.25) is 0 Å². The van der Waals surface area contributed by atoms with Crippen LogP contribution in [0, 0.1) is 11.3 Å². The number of aliphatic hydroxyl groups is 1. The van der Waals surface area contributed by atoms with E-state index in [-0.39, 0.29) is 12.2 Å². The van der Waals surface area contributed by atoms with Crippen molar-refractivity contribution >= 4 is 5.97 Å². The molecular weight excluding hydrogens is 194 g/mol. The maximum Gasteiger partial charge on any atom is 0.335 e. The lowest BCUT2D eigenvalue weighted by Crippen LogP contribution is -2.07. The third-order valence-electron chi connectivity index (χ3n) is 2.29. The molecule has 0 aliphatic rings. The third kappa shape index (κ3) is 1.97. The van der Waals surface area contributed by atoms with E-state index in [1.807, 2.05) is 6.07 Å². The summed E-state index contributed by atoms with van der Waals surface area (Å²) in [4.78, 5) is 10.9. The molecule has 0 spiro atoms. The second-order valence-electron chi connectivity index (χ2n) is 3.05. The van der Waals surface area contributed by atoms with E-state index in [1.54, 1.807) is 6.92 Å².